The topological polar surface area (TPSA) is 46.2 Å². The molecule has 0 unspecified atom stereocenters. The highest BCUT2D eigenvalue weighted by Crippen LogP contribution is 2.07. The molecule has 0 saturated heterocycles. The van der Waals surface area contributed by atoms with E-state index in [0.29, 0.717) is 6.54 Å². The summed E-state index contributed by atoms with van der Waals surface area (Å²) in [4.78, 5) is 0. The fraction of sp³-hybridized carbons (Fsp3) is 1.00. The van der Waals surface area contributed by atoms with Gasteiger partial charge in [0, 0.05) is 12.4 Å². The highest BCUT2D eigenvalue weighted by Gasteiger charge is 2.06. The number of rotatable bonds is 12. The standard InChI is InChI=1S/C12H26ClNO2S/c1-2-3-4-5-6-7-8-9-11-14-17(15,16)12-10-13/h14H,2-12H2,1H3. The number of hydrogen-bond acceptors (Lipinski definition) is 2. The zero-order valence-electron chi connectivity index (χ0n) is 10.9. The number of alkyl halides is 1. The first-order valence-corrected chi connectivity index (χ1v) is 8.84. The van der Waals surface area contributed by atoms with Gasteiger partial charge in [-0.1, -0.05) is 51.9 Å². The minimum absolute atomic E-state index is 0.0194. The van der Waals surface area contributed by atoms with E-state index in [2.05, 4.69) is 11.6 Å². The molecule has 0 rings (SSSR count). The van der Waals surface area contributed by atoms with E-state index in [1.165, 1.54) is 38.5 Å². The lowest BCUT2D eigenvalue weighted by Gasteiger charge is -2.05. The largest absolute Gasteiger partial charge is 0.215 e. The fourth-order valence-corrected chi connectivity index (χ4v) is 3.07. The van der Waals surface area contributed by atoms with Gasteiger partial charge in [-0.25, -0.2) is 13.1 Å². The normalized spacial score (nSPS) is 11.9. The van der Waals surface area contributed by atoms with Crippen molar-refractivity contribution in [1.82, 2.24) is 4.72 Å². The average Bonchev–Trinajstić information content (AvgIpc) is 2.27. The highest BCUT2D eigenvalue weighted by atomic mass is 35.5. The summed E-state index contributed by atoms with van der Waals surface area (Å²) in [6.07, 6.45) is 9.77. The molecular weight excluding hydrogens is 258 g/mol. The zero-order valence-corrected chi connectivity index (χ0v) is 12.5. The van der Waals surface area contributed by atoms with Gasteiger partial charge in [0.2, 0.25) is 10.0 Å². The lowest BCUT2D eigenvalue weighted by molar-refractivity contribution is 0.559. The first-order chi connectivity index (χ1) is 8.12. The Hall–Kier alpha value is 0.200. The van der Waals surface area contributed by atoms with Crippen molar-refractivity contribution >= 4 is 21.6 Å². The van der Waals surface area contributed by atoms with E-state index in [1.807, 2.05) is 0 Å². The predicted molar refractivity (Wildman–Crippen MR) is 75.1 cm³/mol. The molecule has 1 N–H and O–H groups in total. The average molecular weight is 284 g/mol. The van der Waals surface area contributed by atoms with Crippen LogP contribution in [0.5, 0.6) is 0 Å². The SMILES string of the molecule is CCCCCCCCCCNS(=O)(=O)CCCl. The van der Waals surface area contributed by atoms with Crippen molar-refractivity contribution in [1.29, 1.82) is 0 Å². The van der Waals surface area contributed by atoms with Gasteiger partial charge >= 0.3 is 0 Å². The number of hydrogen-bond donors (Lipinski definition) is 1. The Kier molecular flexibility index (Phi) is 11.4. The van der Waals surface area contributed by atoms with E-state index >= 15 is 0 Å². The van der Waals surface area contributed by atoms with Crippen LogP contribution in [-0.4, -0.2) is 26.6 Å². The molecule has 5 heteroatoms. The molecule has 0 aliphatic heterocycles. The number of sulfonamides is 1. The third-order valence-corrected chi connectivity index (χ3v) is 4.50. The molecular formula is C12H26ClNO2S. The van der Waals surface area contributed by atoms with Crippen LogP contribution in [0.1, 0.15) is 58.3 Å². The molecule has 0 aromatic carbocycles. The molecule has 0 aromatic rings. The molecule has 0 heterocycles. The lowest BCUT2D eigenvalue weighted by atomic mass is 10.1. The molecule has 104 valence electrons. The third-order valence-electron chi connectivity index (χ3n) is 2.70. The molecule has 0 bridgehead atoms. The number of unbranched alkanes of at least 4 members (excludes halogenated alkanes) is 7. The Balaban J connectivity index is 3.24. The van der Waals surface area contributed by atoms with Crippen LogP contribution in [0.2, 0.25) is 0 Å². The van der Waals surface area contributed by atoms with Gasteiger partial charge < -0.3 is 0 Å². The second-order valence-electron chi connectivity index (χ2n) is 4.38. The van der Waals surface area contributed by atoms with Crippen LogP contribution >= 0.6 is 11.6 Å². The van der Waals surface area contributed by atoms with Gasteiger partial charge in [-0.3, -0.25) is 0 Å². The smallest absolute Gasteiger partial charge is 0.212 e. The maximum absolute atomic E-state index is 11.2. The van der Waals surface area contributed by atoms with E-state index in [4.69, 9.17) is 11.6 Å². The quantitative estimate of drug-likeness (QED) is 0.441. The Morgan fingerprint density at radius 2 is 1.47 bits per heavy atom. The lowest BCUT2D eigenvalue weighted by Crippen LogP contribution is -2.27. The molecule has 0 aromatic heterocycles. The van der Waals surface area contributed by atoms with E-state index in [0.717, 1.165) is 12.8 Å². The van der Waals surface area contributed by atoms with Crippen LogP contribution in [0, 0.1) is 0 Å². The number of halogens is 1. The Morgan fingerprint density at radius 1 is 0.941 bits per heavy atom. The van der Waals surface area contributed by atoms with Crippen molar-refractivity contribution in [3.8, 4) is 0 Å². The van der Waals surface area contributed by atoms with Crippen molar-refractivity contribution in [2.45, 2.75) is 58.3 Å². The van der Waals surface area contributed by atoms with Crippen molar-refractivity contribution in [2.24, 2.45) is 0 Å². The van der Waals surface area contributed by atoms with Crippen LogP contribution < -0.4 is 4.72 Å². The molecule has 17 heavy (non-hydrogen) atoms. The molecule has 0 aliphatic rings. The van der Waals surface area contributed by atoms with E-state index in [1.54, 1.807) is 0 Å². The van der Waals surface area contributed by atoms with Gasteiger partial charge in [0.15, 0.2) is 0 Å². The van der Waals surface area contributed by atoms with Gasteiger partial charge in [-0.15, -0.1) is 11.6 Å². The van der Waals surface area contributed by atoms with Crippen LogP contribution in [0.15, 0.2) is 0 Å². The summed E-state index contributed by atoms with van der Waals surface area (Å²) in [6, 6.07) is 0. The molecule has 0 radical (unpaired) electrons. The summed E-state index contributed by atoms with van der Waals surface area (Å²) in [5.41, 5.74) is 0. The maximum Gasteiger partial charge on any atom is 0.212 e. The summed E-state index contributed by atoms with van der Waals surface area (Å²) in [7, 11) is -3.12. The summed E-state index contributed by atoms with van der Waals surface area (Å²) < 4.78 is 25.0. The van der Waals surface area contributed by atoms with Crippen LogP contribution in [0.4, 0.5) is 0 Å². The van der Waals surface area contributed by atoms with Gasteiger partial charge in [-0.05, 0) is 6.42 Å². The first kappa shape index (κ1) is 17.2. The summed E-state index contributed by atoms with van der Waals surface area (Å²) in [6.45, 7) is 2.77. The van der Waals surface area contributed by atoms with E-state index in [-0.39, 0.29) is 11.6 Å². The van der Waals surface area contributed by atoms with E-state index in [9.17, 15) is 8.42 Å². The molecule has 0 spiro atoms. The molecule has 3 nitrogen and oxygen atoms in total. The van der Waals surface area contributed by atoms with Crippen molar-refractivity contribution in [3.05, 3.63) is 0 Å². The molecule has 0 amide bonds. The maximum atomic E-state index is 11.2. The first-order valence-electron chi connectivity index (χ1n) is 6.65. The van der Waals surface area contributed by atoms with Gasteiger partial charge in [0.05, 0.1) is 5.75 Å². The van der Waals surface area contributed by atoms with Crippen molar-refractivity contribution in [2.75, 3.05) is 18.2 Å². The highest BCUT2D eigenvalue weighted by molar-refractivity contribution is 7.89. The minimum atomic E-state index is -3.12. The summed E-state index contributed by atoms with van der Waals surface area (Å²) in [5.74, 6) is 0.179. The third kappa shape index (κ3) is 12.4. The predicted octanol–water partition coefficient (Wildman–Crippen LogP) is 3.29. The minimum Gasteiger partial charge on any atom is -0.215 e. The van der Waals surface area contributed by atoms with Gasteiger partial charge in [0.1, 0.15) is 0 Å². The zero-order chi connectivity index (χ0) is 13.0. The molecule has 0 aliphatic carbocycles. The van der Waals surface area contributed by atoms with Gasteiger partial charge in [0.25, 0.3) is 0 Å². The fourth-order valence-electron chi connectivity index (χ4n) is 1.66. The second-order valence-corrected chi connectivity index (χ2v) is 6.68. The second kappa shape index (κ2) is 11.3. The van der Waals surface area contributed by atoms with Crippen molar-refractivity contribution in [3.63, 3.8) is 0 Å². The Morgan fingerprint density at radius 3 is 2.00 bits per heavy atom. The van der Waals surface area contributed by atoms with Crippen molar-refractivity contribution < 1.29 is 8.42 Å². The van der Waals surface area contributed by atoms with Gasteiger partial charge in [-0.2, -0.15) is 0 Å². The van der Waals surface area contributed by atoms with E-state index < -0.39 is 10.0 Å². The Labute approximate surface area is 111 Å². The van der Waals surface area contributed by atoms with Crippen LogP contribution in [0.25, 0.3) is 0 Å². The summed E-state index contributed by atoms with van der Waals surface area (Å²) in [5, 5.41) is 0. The summed E-state index contributed by atoms with van der Waals surface area (Å²) >= 11 is 5.39. The molecule has 0 atom stereocenters. The molecule has 0 fully saturated rings. The van der Waals surface area contributed by atoms with Crippen LogP contribution in [-0.2, 0) is 10.0 Å². The monoisotopic (exact) mass is 283 g/mol. The van der Waals surface area contributed by atoms with Crippen LogP contribution in [0.3, 0.4) is 0 Å². The Bertz CT molecular complexity index is 255. The number of nitrogens with one attached hydrogen (secondary N) is 1. The molecule has 0 saturated carbocycles.